The quantitative estimate of drug-likeness (QED) is 0.450. The van der Waals surface area contributed by atoms with E-state index >= 15 is 0 Å². The van der Waals surface area contributed by atoms with Crippen LogP contribution in [0.4, 0.5) is 0 Å². The molecule has 6 fully saturated rings. The summed E-state index contributed by atoms with van der Waals surface area (Å²) >= 11 is 0. The van der Waals surface area contributed by atoms with Crippen LogP contribution in [0.25, 0.3) is 0 Å². The SMILES string of the molecule is CC(=O)O[C@H]1C[C@H]([C@H](C)[C@H]2C[C@]3(C)O[C@]3(C)[C@H](O)O2)[C@@]2(C)CC[C@H]3[C@@H](C[C@H]4O[C@]45CC=CC(=O)[C@]35C)[C@H]12. The number of carbonyl (C=O) groups excluding carboxylic acids is 2. The second-order valence-corrected chi connectivity index (χ2v) is 14.3. The van der Waals surface area contributed by atoms with Crippen molar-refractivity contribution in [3.8, 4) is 0 Å². The molecule has 0 aromatic carbocycles. The predicted molar refractivity (Wildman–Crippen MR) is 133 cm³/mol. The number of epoxide rings is 2. The molecule has 0 aromatic heterocycles. The summed E-state index contributed by atoms with van der Waals surface area (Å²) in [6.07, 6.45) is 7.90. The van der Waals surface area contributed by atoms with Crippen LogP contribution >= 0.6 is 0 Å². The van der Waals surface area contributed by atoms with Crippen molar-refractivity contribution in [3.63, 3.8) is 0 Å². The Hall–Kier alpha value is -1.28. The topological polar surface area (TPSA) is 97.9 Å². The average Bonchev–Trinajstić information content (AvgIpc) is 3.64. The number of fused-ring (bicyclic) bond motifs is 5. The van der Waals surface area contributed by atoms with Gasteiger partial charge in [-0.05, 0) is 88.0 Å². The number of carbonyl (C=O) groups is 2. The number of ketones is 1. The van der Waals surface area contributed by atoms with Gasteiger partial charge in [-0.2, -0.15) is 0 Å². The molecule has 37 heavy (non-hydrogen) atoms. The number of rotatable bonds is 3. The minimum atomic E-state index is -0.937. The molecule has 3 heterocycles. The second-order valence-electron chi connectivity index (χ2n) is 14.3. The van der Waals surface area contributed by atoms with Crippen LogP contribution in [0.5, 0.6) is 0 Å². The van der Waals surface area contributed by atoms with E-state index in [1.807, 2.05) is 13.0 Å². The molecule has 14 atom stereocenters. The Morgan fingerprint density at radius 2 is 1.97 bits per heavy atom. The van der Waals surface area contributed by atoms with E-state index in [2.05, 4.69) is 27.7 Å². The van der Waals surface area contributed by atoms with E-state index < -0.39 is 17.3 Å². The number of hydrogen-bond donors (Lipinski definition) is 1. The fraction of sp³-hybridized carbons (Fsp3) is 0.867. The maximum atomic E-state index is 13.5. The fourth-order valence-corrected chi connectivity index (χ4v) is 10.6. The maximum Gasteiger partial charge on any atom is 0.302 e. The summed E-state index contributed by atoms with van der Waals surface area (Å²) < 4.78 is 24.7. The molecular formula is C30H42O7. The number of allylic oxidation sites excluding steroid dienone is 1. The van der Waals surface area contributed by atoms with Crippen LogP contribution in [-0.2, 0) is 28.5 Å². The highest BCUT2D eigenvalue weighted by atomic mass is 16.7. The molecule has 1 spiro atoms. The van der Waals surface area contributed by atoms with Crippen molar-refractivity contribution >= 4 is 11.8 Å². The molecule has 4 aliphatic carbocycles. The highest BCUT2D eigenvalue weighted by Gasteiger charge is 2.78. The van der Waals surface area contributed by atoms with E-state index in [0.717, 1.165) is 38.5 Å². The number of aliphatic hydroxyl groups excluding tert-OH is 1. The molecule has 7 rings (SSSR count). The zero-order valence-corrected chi connectivity index (χ0v) is 23.0. The van der Waals surface area contributed by atoms with E-state index in [4.69, 9.17) is 18.9 Å². The maximum absolute atomic E-state index is 13.5. The summed E-state index contributed by atoms with van der Waals surface area (Å²) in [7, 11) is 0. The lowest BCUT2D eigenvalue weighted by Gasteiger charge is -2.58. The smallest absolute Gasteiger partial charge is 0.302 e. The van der Waals surface area contributed by atoms with Gasteiger partial charge < -0.3 is 24.1 Å². The molecule has 7 nitrogen and oxygen atoms in total. The molecule has 1 N–H and O–H groups in total. The Morgan fingerprint density at radius 1 is 1.22 bits per heavy atom. The van der Waals surface area contributed by atoms with Crippen LogP contribution < -0.4 is 0 Å². The second kappa shape index (κ2) is 7.26. The first-order chi connectivity index (χ1) is 17.3. The summed E-state index contributed by atoms with van der Waals surface area (Å²) in [5, 5.41) is 10.8. The third-order valence-corrected chi connectivity index (χ3v) is 12.9. The molecule has 0 amide bonds. The highest BCUT2D eigenvalue weighted by Crippen LogP contribution is 2.73. The zero-order valence-electron chi connectivity index (χ0n) is 23.0. The molecule has 7 aliphatic rings. The average molecular weight is 515 g/mol. The number of hydrogen-bond acceptors (Lipinski definition) is 7. The number of ether oxygens (including phenoxy) is 4. The largest absolute Gasteiger partial charge is 0.462 e. The Labute approximate surface area is 219 Å². The first kappa shape index (κ1) is 24.7. The normalized spacial score (nSPS) is 59.8. The van der Waals surface area contributed by atoms with Crippen LogP contribution in [0, 0.1) is 40.4 Å². The lowest BCUT2D eigenvalue weighted by atomic mass is 9.44. The van der Waals surface area contributed by atoms with Crippen molar-refractivity contribution in [2.45, 2.75) is 121 Å². The highest BCUT2D eigenvalue weighted by molar-refractivity contribution is 5.97. The minimum absolute atomic E-state index is 0.0557. The molecule has 0 radical (unpaired) electrons. The third-order valence-electron chi connectivity index (χ3n) is 12.9. The Balaban J connectivity index is 1.22. The van der Waals surface area contributed by atoms with Gasteiger partial charge in [0.15, 0.2) is 12.1 Å². The van der Waals surface area contributed by atoms with Gasteiger partial charge in [0.1, 0.15) is 22.9 Å². The van der Waals surface area contributed by atoms with E-state index in [1.54, 1.807) is 6.08 Å². The lowest BCUT2D eigenvalue weighted by molar-refractivity contribution is -0.203. The van der Waals surface area contributed by atoms with E-state index in [0.29, 0.717) is 0 Å². The van der Waals surface area contributed by atoms with E-state index in [-0.39, 0.29) is 76.3 Å². The first-order valence-corrected chi connectivity index (χ1v) is 14.4. The van der Waals surface area contributed by atoms with Crippen molar-refractivity contribution in [1.29, 1.82) is 0 Å². The Kier molecular flexibility index (Phi) is 4.86. The van der Waals surface area contributed by atoms with Gasteiger partial charge in [0.05, 0.1) is 17.6 Å². The molecule has 3 saturated heterocycles. The van der Waals surface area contributed by atoms with Crippen LogP contribution in [0.15, 0.2) is 12.2 Å². The Morgan fingerprint density at radius 3 is 2.68 bits per heavy atom. The number of esters is 1. The molecule has 204 valence electrons. The van der Waals surface area contributed by atoms with Gasteiger partial charge >= 0.3 is 5.97 Å². The monoisotopic (exact) mass is 514 g/mol. The lowest BCUT2D eigenvalue weighted by Crippen LogP contribution is -2.61. The third kappa shape index (κ3) is 2.87. The Bertz CT molecular complexity index is 1090. The number of aliphatic hydroxyl groups is 1. The van der Waals surface area contributed by atoms with Gasteiger partial charge in [-0.3, -0.25) is 9.59 Å². The van der Waals surface area contributed by atoms with Gasteiger partial charge in [-0.1, -0.05) is 19.9 Å². The van der Waals surface area contributed by atoms with Gasteiger partial charge in [-0.15, -0.1) is 0 Å². The standard InChI is InChI=1S/C30H42O7/c1-15(21-14-27(4)29(6,37-27)25(33)35-21)19-13-20(34-16(2)31)24-17-12-23-30(36-23)10-7-8-22(32)28(30,5)18(17)9-11-26(19,24)3/h7-8,15,17-21,23-25,33H,9-14H2,1-6H3/t15-,17+,18-,19+,20-,21+,23+,24+,25+,26+,27-,28-,29+,30+/m0/s1. The summed E-state index contributed by atoms with van der Waals surface area (Å²) in [4.78, 5) is 25.8. The van der Waals surface area contributed by atoms with Crippen molar-refractivity contribution < 1.29 is 33.6 Å². The van der Waals surface area contributed by atoms with Crippen LogP contribution in [0.1, 0.15) is 80.1 Å². The molecule has 3 saturated carbocycles. The van der Waals surface area contributed by atoms with Gasteiger partial charge in [0, 0.05) is 19.3 Å². The summed E-state index contributed by atoms with van der Waals surface area (Å²) in [6.45, 7) is 12.3. The predicted octanol–water partition coefficient (Wildman–Crippen LogP) is 3.95. The first-order valence-electron chi connectivity index (χ1n) is 14.4. The molecule has 0 unspecified atom stereocenters. The van der Waals surface area contributed by atoms with Crippen molar-refractivity contribution in [2.75, 3.05) is 0 Å². The van der Waals surface area contributed by atoms with Gasteiger partial charge in [-0.25, -0.2) is 0 Å². The molecular weight excluding hydrogens is 472 g/mol. The van der Waals surface area contributed by atoms with E-state index in [9.17, 15) is 14.7 Å². The van der Waals surface area contributed by atoms with Crippen LogP contribution in [-0.4, -0.2) is 58.3 Å². The molecule has 7 heteroatoms. The van der Waals surface area contributed by atoms with Gasteiger partial charge in [0.25, 0.3) is 0 Å². The fourth-order valence-electron chi connectivity index (χ4n) is 10.6. The molecule has 0 bridgehead atoms. The molecule has 0 aromatic rings. The van der Waals surface area contributed by atoms with Crippen LogP contribution in [0.3, 0.4) is 0 Å². The molecule has 3 aliphatic heterocycles. The summed E-state index contributed by atoms with van der Waals surface area (Å²) in [6, 6.07) is 0. The van der Waals surface area contributed by atoms with Crippen molar-refractivity contribution in [2.24, 2.45) is 40.4 Å². The van der Waals surface area contributed by atoms with E-state index in [1.165, 1.54) is 6.92 Å². The van der Waals surface area contributed by atoms with Crippen LogP contribution in [0.2, 0.25) is 0 Å². The summed E-state index contributed by atoms with van der Waals surface area (Å²) in [5.41, 5.74) is -1.90. The minimum Gasteiger partial charge on any atom is -0.462 e. The summed E-state index contributed by atoms with van der Waals surface area (Å²) in [5.74, 6) is 1.07. The van der Waals surface area contributed by atoms with Crippen molar-refractivity contribution in [1.82, 2.24) is 0 Å². The van der Waals surface area contributed by atoms with Crippen molar-refractivity contribution in [3.05, 3.63) is 12.2 Å². The van der Waals surface area contributed by atoms with Gasteiger partial charge in [0.2, 0.25) is 0 Å². The zero-order chi connectivity index (χ0) is 26.3.